The lowest BCUT2D eigenvalue weighted by Gasteiger charge is -2.36. The van der Waals surface area contributed by atoms with Crippen LogP contribution in [0.3, 0.4) is 0 Å². The van der Waals surface area contributed by atoms with Crippen molar-refractivity contribution in [3.8, 4) is 5.88 Å². The van der Waals surface area contributed by atoms with Crippen LogP contribution in [0.5, 0.6) is 5.88 Å². The lowest BCUT2D eigenvalue weighted by Crippen LogP contribution is -2.41. The van der Waals surface area contributed by atoms with Gasteiger partial charge in [0, 0.05) is 18.7 Å². The fraction of sp³-hybridized carbons (Fsp3) is 0.714. The molecular weight excluding hydrogens is 240 g/mol. The van der Waals surface area contributed by atoms with Crippen molar-refractivity contribution in [2.24, 2.45) is 5.73 Å². The van der Waals surface area contributed by atoms with Crippen LogP contribution in [0.15, 0.2) is 12.4 Å². The van der Waals surface area contributed by atoms with Gasteiger partial charge in [-0.05, 0) is 38.6 Å². The summed E-state index contributed by atoms with van der Waals surface area (Å²) in [6.07, 6.45) is 7.30. The predicted octanol–water partition coefficient (Wildman–Crippen LogP) is 1.97. The van der Waals surface area contributed by atoms with Gasteiger partial charge in [-0.1, -0.05) is 6.92 Å². The quantitative estimate of drug-likeness (QED) is 0.851. The molecule has 5 heteroatoms. The van der Waals surface area contributed by atoms with Crippen molar-refractivity contribution >= 4 is 5.82 Å². The summed E-state index contributed by atoms with van der Waals surface area (Å²) in [5.41, 5.74) is 5.71. The zero-order valence-electron chi connectivity index (χ0n) is 11.7. The molecule has 19 heavy (non-hydrogen) atoms. The number of nitrogens with two attached hydrogens (primary N) is 1. The van der Waals surface area contributed by atoms with E-state index in [4.69, 9.17) is 10.5 Å². The molecule has 0 saturated carbocycles. The molecule has 0 aliphatic carbocycles. The molecule has 1 fully saturated rings. The van der Waals surface area contributed by atoms with Gasteiger partial charge in [0.25, 0.3) is 0 Å². The number of hydrogen-bond acceptors (Lipinski definition) is 5. The fourth-order valence-electron chi connectivity index (χ4n) is 2.57. The summed E-state index contributed by atoms with van der Waals surface area (Å²) < 4.78 is 5.58. The first-order chi connectivity index (χ1) is 9.35. The van der Waals surface area contributed by atoms with Crippen LogP contribution in [0.25, 0.3) is 0 Å². The van der Waals surface area contributed by atoms with Gasteiger partial charge in [0.2, 0.25) is 5.88 Å². The second kappa shape index (κ2) is 7.28. The summed E-state index contributed by atoms with van der Waals surface area (Å²) >= 11 is 0. The van der Waals surface area contributed by atoms with Crippen LogP contribution in [-0.4, -0.2) is 35.7 Å². The van der Waals surface area contributed by atoms with Crippen LogP contribution in [0.4, 0.5) is 5.82 Å². The highest BCUT2D eigenvalue weighted by atomic mass is 16.5. The van der Waals surface area contributed by atoms with Crippen LogP contribution in [0.1, 0.15) is 39.0 Å². The largest absolute Gasteiger partial charge is 0.478 e. The average Bonchev–Trinajstić information content (AvgIpc) is 2.46. The molecule has 0 bridgehead atoms. The SMILES string of the molecule is CCCOc1cc(N2CCCCC2CCN)ncn1. The third-order valence-corrected chi connectivity index (χ3v) is 3.50. The second-order valence-corrected chi connectivity index (χ2v) is 4.98. The summed E-state index contributed by atoms with van der Waals surface area (Å²) in [4.78, 5) is 10.9. The van der Waals surface area contributed by atoms with Crippen molar-refractivity contribution in [3.63, 3.8) is 0 Å². The molecule has 1 aromatic rings. The molecule has 1 atom stereocenters. The summed E-state index contributed by atoms with van der Waals surface area (Å²) in [6.45, 7) is 4.56. The molecule has 0 aromatic carbocycles. The lowest BCUT2D eigenvalue weighted by atomic mass is 9.99. The van der Waals surface area contributed by atoms with Crippen LogP contribution in [0.2, 0.25) is 0 Å². The van der Waals surface area contributed by atoms with E-state index in [0.717, 1.165) is 31.7 Å². The third kappa shape index (κ3) is 3.80. The first-order valence-corrected chi connectivity index (χ1v) is 7.26. The minimum Gasteiger partial charge on any atom is -0.478 e. The number of ether oxygens (including phenoxy) is 1. The Morgan fingerprint density at radius 3 is 3.11 bits per heavy atom. The van der Waals surface area contributed by atoms with Gasteiger partial charge < -0.3 is 15.4 Å². The molecule has 1 aliphatic heterocycles. The van der Waals surface area contributed by atoms with Crippen LogP contribution >= 0.6 is 0 Å². The Morgan fingerprint density at radius 2 is 2.32 bits per heavy atom. The third-order valence-electron chi connectivity index (χ3n) is 3.50. The van der Waals surface area contributed by atoms with Crippen molar-refractivity contribution in [2.45, 2.75) is 45.1 Å². The molecule has 5 nitrogen and oxygen atoms in total. The second-order valence-electron chi connectivity index (χ2n) is 4.98. The number of rotatable bonds is 6. The summed E-state index contributed by atoms with van der Waals surface area (Å²) in [6, 6.07) is 2.46. The van der Waals surface area contributed by atoms with Crippen molar-refractivity contribution in [3.05, 3.63) is 12.4 Å². The van der Waals surface area contributed by atoms with E-state index in [2.05, 4.69) is 21.8 Å². The van der Waals surface area contributed by atoms with E-state index in [1.807, 2.05) is 6.07 Å². The Kier molecular flexibility index (Phi) is 5.39. The van der Waals surface area contributed by atoms with Gasteiger partial charge in [-0.3, -0.25) is 0 Å². The number of piperidine rings is 1. The molecule has 0 amide bonds. The molecule has 2 heterocycles. The monoisotopic (exact) mass is 264 g/mol. The van der Waals surface area contributed by atoms with Crippen molar-refractivity contribution in [1.29, 1.82) is 0 Å². The van der Waals surface area contributed by atoms with E-state index in [0.29, 0.717) is 18.5 Å². The standard InChI is InChI=1S/C14H24N4O/c1-2-9-19-14-10-13(16-11-17-14)18-8-4-3-5-12(18)6-7-15/h10-12H,2-9,15H2,1H3. The van der Waals surface area contributed by atoms with E-state index in [9.17, 15) is 0 Å². The zero-order chi connectivity index (χ0) is 13.5. The van der Waals surface area contributed by atoms with E-state index < -0.39 is 0 Å². The van der Waals surface area contributed by atoms with Crippen molar-refractivity contribution in [1.82, 2.24) is 9.97 Å². The fourth-order valence-corrected chi connectivity index (χ4v) is 2.57. The topological polar surface area (TPSA) is 64.3 Å². The molecule has 1 aromatic heterocycles. The van der Waals surface area contributed by atoms with Gasteiger partial charge in [0.15, 0.2) is 0 Å². The van der Waals surface area contributed by atoms with E-state index in [1.165, 1.54) is 19.3 Å². The number of anilines is 1. The minimum atomic E-state index is 0.507. The first-order valence-electron chi connectivity index (χ1n) is 7.26. The highest BCUT2D eigenvalue weighted by molar-refractivity contribution is 5.42. The summed E-state index contributed by atoms with van der Waals surface area (Å²) in [7, 11) is 0. The Bertz CT molecular complexity index is 383. The van der Waals surface area contributed by atoms with Gasteiger partial charge in [0.1, 0.15) is 12.1 Å². The number of hydrogen-bond donors (Lipinski definition) is 1. The maximum atomic E-state index is 5.71. The molecule has 0 radical (unpaired) electrons. The maximum absolute atomic E-state index is 5.71. The van der Waals surface area contributed by atoms with E-state index >= 15 is 0 Å². The zero-order valence-corrected chi connectivity index (χ0v) is 11.7. The normalized spacial score (nSPS) is 19.5. The Labute approximate surface area is 115 Å². The first kappa shape index (κ1) is 14.1. The summed E-state index contributed by atoms with van der Waals surface area (Å²) in [5, 5.41) is 0. The van der Waals surface area contributed by atoms with Crippen molar-refractivity contribution in [2.75, 3.05) is 24.6 Å². The van der Waals surface area contributed by atoms with Crippen LogP contribution in [0, 0.1) is 0 Å². The highest BCUT2D eigenvalue weighted by Crippen LogP contribution is 2.26. The van der Waals surface area contributed by atoms with Gasteiger partial charge in [-0.25, -0.2) is 9.97 Å². The Balaban J connectivity index is 2.09. The van der Waals surface area contributed by atoms with E-state index in [1.54, 1.807) is 6.33 Å². The molecule has 106 valence electrons. The molecule has 2 rings (SSSR count). The van der Waals surface area contributed by atoms with Crippen LogP contribution in [-0.2, 0) is 0 Å². The predicted molar refractivity (Wildman–Crippen MR) is 76.5 cm³/mol. The average molecular weight is 264 g/mol. The number of aromatic nitrogens is 2. The van der Waals surface area contributed by atoms with E-state index in [-0.39, 0.29) is 0 Å². The molecular formula is C14H24N4O. The van der Waals surface area contributed by atoms with Crippen LogP contribution < -0.4 is 15.4 Å². The van der Waals surface area contributed by atoms with Gasteiger partial charge in [-0.15, -0.1) is 0 Å². The molecule has 0 spiro atoms. The lowest BCUT2D eigenvalue weighted by molar-refractivity contribution is 0.304. The van der Waals surface area contributed by atoms with Gasteiger partial charge in [-0.2, -0.15) is 0 Å². The Morgan fingerprint density at radius 1 is 1.42 bits per heavy atom. The highest BCUT2D eigenvalue weighted by Gasteiger charge is 2.23. The molecule has 1 unspecified atom stereocenters. The molecule has 2 N–H and O–H groups in total. The summed E-state index contributed by atoms with van der Waals surface area (Å²) in [5.74, 6) is 1.64. The molecule has 1 saturated heterocycles. The number of nitrogens with zero attached hydrogens (tertiary/aromatic N) is 3. The van der Waals surface area contributed by atoms with Crippen molar-refractivity contribution < 1.29 is 4.74 Å². The molecule has 1 aliphatic rings. The minimum absolute atomic E-state index is 0.507. The van der Waals surface area contributed by atoms with Gasteiger partial charge in [0.05, 0.1) is 6.61 Å². The van der Waals surface area contributed by atoms with Gasteiger partial charge >= 0.3 is 0 Å². The smallest absolute Gasteiger partial charge is 0.218 e. The Hall–Kier alpha value is -1.36. The maximum Gasteiger partial charge on any atom is 0.218 e.